The molecule has 0 heterocycles. The van der Waals surface area contributed by atoms with Crippen LogP contribution in [0.3, 0.4) is 0 Å². The smallest absolute Gasteiger partial charge is 0.0992 e. The van der Waals surface area contributed by atoms with Crippen molar-refractivity contribution in [2.24, 2.45) is 0 Å². The molecule has 2 heteroatoms. The minimum Gasteiger partial charge on any atom is -0.192 e. The Hall–Kier alpha value is -1.72. The maximum Gasteiger partial charge on any atom is 0.0992 e. The quantitative estimate of drug-likeness (QED) is 0.779. The second kappa shape index (κ2) is 5.07. The molecular formula is C15H13NS. The van der Waals surface area contributed by atoms with E-state index in [0.29, 0.717) is 5.56 Å². The summed E-state index contributed by atoms with van der Waals surface area (Å²) in [6.07, 6.45) is 0. The van der Waals surface area contributed by atoms with Crippen LogP contribution in [0.5, 0.6) is 0 Å². The summed E-state index contributed by atoms with van der Waals surface area (Å²) >= 11 is 1.70. The molecule has 0 amide bonds. The highest BCUT2D eigenvalue weighted by Gasteiger charge is 2.02. The van der Waals surface area contributed by atoms with Crippen LogP contribution in [0.25, 0.3) is 0 Å². The largest absolute Gasteiger partial charge is 0.192 e. The predicted octanol–water partition coefficient (Wildman–Crippen LogP) is 4.33. The van der Waals surface area contributed by atoms with Crippen molar-refractivity contribution in [3.8, 4) is 6.07 Å². The van der Waals surface area contributed by atoms with Crippen molar-refractivity contribution >= 4 is 11.8 Å². The van der Waals surface area contributed by atoms with E-state index >= 15 is 0 Å². The van der Waals surface area contributed by atoms with Gasteiger partial charge in [0, 0.05) is 9.79 Å². The van der Waals surface area contributed by atoms with Gasteiger partial charge in [-0.05, 0) is 43.7 Å². The minimum atomic E-state index is 0.708. The van der Waals surface area contributed by atoms with Crippen LogP contribution < -0.4 is 0 Å². The van der Waals surface area contributed by atoms with Crippen LogP contribution in [0.15, 0.2) is 52.3 Å². The van der Waals surface area contributed by atoms with Gasteiger partial charge in [-0.3, -0.25) is 0 Å². The molecule has 0 saturated carbocycles. The zero-order valence-electron chi connectivity index (χ0n) is 9.90. The lowest BCUT2D eigenvalue weighted by atomic mass is 10.2. The number of benzene rings is 2. The average Bonchev–Trinajstić information content (AvgIpc) is 2.33. The lowest BCUT2D eigenvalue weighted by Crippen LogP contribution is -1.82. The fourth-order valence-electron chi connectivity index (χ4n) is 1.67. The Morgan fingerprint density at radius 1 is 1.06 bits per heavy atom. The molecule has 0 bridgehead atoms. The Kier molecular flexibility index (Phi) is 3.51. The second-order valence-corrected chi connectivity index (χ2v) is 5.13. The summed E-state index contributed by atoms with van der Waals surface area (Å²) in [5.74, 6) is 0. The highest BCUT2D eigenvalue weighted by Crippen LogP contribution is 2.30. The second-order valence-electron chi connectivity index (χ2n) is 4.01. The molecule has 84 valence electrons. The molecule has 0 N–H and O–H groups in total. The monoisotopic (exact) mass is 239 g/mol. The van der Waals surface area contributed by atoms with Gasteiger partial charge in [-0.1, -0.05) is 35.5 Å². The van der Waals surface area contributed by atoms with Gasteiger partial charge in [0.1, 0.15) is 0 Å². The summed E-state index contributed by atoms with van der Waals surface area (Å²) in [5, 5.41) is 8.86. The number of hydrogen-bond donors (Lipinski definition) is 0. The third-order valence-electron chi connectivity index (χ3n) is 2.52. The summed E-state index contributed by atoms with van der Waals surface area (Å²) in [6, 6.07) is 16.3. The molecule has 0 saturated heterocycles. The number of aryl methyl sites for hydroxylation is 2. The highest BCUT2D eigenvalue weighted by atomic mass is 32.2. The van der Waals surface area contributed by atoms with Crippen molar-refractivity contribution in [3.05, 3.63) is 59.2 Å². The molecule has 0 atom stereocenters. The maximum atomic E-state index is 8.86. The molecule has 0 aliphatic heterocycles. The zero-order chi connectivity index (χ0) is 12.3. The van der Waals surface area contributed by atoms with Crippen LogP contribution >= 0.6 is 11.8 Å². The third-order valence-corrected chi connectivity index (χ3v) is 3.69. The molecule has 1 nitrogen and oxygen atoms in total. The van der Waals surface area contributed by atoms with Crippen LogP contribution in [0.4, 0.5) is 0 Å². The van der Waals surface area contributed by atoms with E-state index in [-0.39, 0.29) is 0 Å². The molecule has 0 aliphatic rings. The van der Waals surface area contributed by atoms with Crippen molar-refractivity contribution in [1.82, 2.24) is 0 Å². The van der Waals surface area contributed by atoms with Crippen molar-refractivity contribution in [2.75, 3.05) is 0 Å². The number of hydrogen-bond acceptors (Lipinski definition) is 2. The normalized spacial score (nSPS) is 9.94. The first kappa shape index (κ1) is 11.8. The van der Waals surface area contributed by atoms with Crippen LogP contribution in [0.1, 0.15) is 16.7 Å². The van der Waals surface area contributed by atoms with Crippen molar-refractivity contribution in [1.29, 1.82) is 5.26 Å². The summed E-state index contributed by atoms with van der Waals surface area (Å²) in [7, 11) is 0. The molecule has 2 rings (SSSR count). The molecule has 2 aromatic rings. The highest BCUT2D eigenvalue weighted by molar-refractivity contribution is 7.99. The summed E-state index contributed by atoms with van der Waals surface area (Å²) in [5.41, 5.74) is 3.26. The van der Waals surface area contributed by atoms with E-state index in [1.165, 1.54) is 16.0 Å². The SMILES string of the molecule is Cc1ccc(Sc2cccc(C#N)c2)c(C)c1. The molecule has 0 spiro atoms. The van der Waals surface area contributed by atoms with E-state index in [1.54, 1.807) is 11.8 Å². The van der Waals surface area contributed by atoms with E-state index in [2.05, 4.69) is 38.1 Å². The van der Waals surface area contributed by atoms with Crippen molar-refractivity contribution in [3.63, 3.8) is 0 Å². The van der Waals surface area contributed by atoms with Gasteiger partial charge in [0.15, 0.2) is 0 Å². The number of nitrogens with zero attached hydrogens (tertiary/aromatic N) is 1. The van der Waals surface area contributed by atoms with Gasteiger partial charge in [-0.25, -0.2) is 0 Å². The zero-order valence-corrected chi connectivity index (χ0v) is 10.7. The Morgan fingerprint density at radius 3 is 2.59 bits per heavy atom. The fourth-order valence-corrected chi connectivity index (χ4v) is 2.61. The molecule has 0 unspecified atom stereocenters. The van der Waals surface area contributed by atoms with Crippen LogP contribution in [0.2, 0.25) is 0 Å². The summed E-state index contributed by atoms with van der Waals surface area (Å²) < 4.78 is 0. The first-order valence-corrected chi connectivity index (χ1v) is 6.26. The molecule has 0 aliphatic carbocycles. The molecule has 2 aromatic carbocycles. The molecule has 0 radical (unpaired) electrons. The van der Waals surface area contributed by atoms with E-state index < -0.39 is 0 Å². The molecule has 17 heavy (non-hydrogen) atoms. The maximum absolute atomic E-state index is 8.86. The minimum absolute atomic E-state index is 0.708. The van der Waals surface area contributed by atoms with Crippen LogP contribution in [-0.2, 0) is 0 Å². The third kappa shape index (κ3) is 2.89. The van der Waals surface area contributed by atoms with E-state index in [9.17, 15) is 0 Å². The lowest BCUT2D eigenvalue weighted by molar-refractivity contribution is 1.26. The van der Waals surface area contributed by atoms with Gasteiger partial charge in [0.25, 0.3) is 0 Å². The molecule has 0 aromatic heterocycles. The summed E-state index contributed by atoms with van der Waals surface area (Å²) in [6.45, 7) is 4.21. The van der Waals surface area contributed by atoms with Gasteiger partial charge in [-0.15, -0.1) is 0 Å². The fraction of sp³-hybridized carbons (Fsp3) is 0.133. The van der Waals surface area contributed by atoms with Gasteiger partial charge in [-0.2, -0.15) is 5.26 Å². The van der Waals surface area contributed by atoms with Gasteiger partial charge < -0.3 is 0 Å². The first-order valence-electron chi connectivity index (χ1n) is 5.44. The van der Waals surface area contributed by atoms with E-state index in [0.717, 1.165) is 4.90 Å². The lowest BCUT2D eigenvalue weighted by Gasteiger charge is -2.06. The Balaban J connectivity index is 2.28. The van der Waals surface area contributed by atoms with Crippen molar-refractivity contribution in [2.45, 2.75) is 23.6 Å². The van der Waals surface area contributed by atoms with Crippen molar-refractivity contribution < 1.29 is 0 Å². The average molecular weight is 239 g/mol. The Morgan fingerprint density at radius 2 is 1.88 bits per heavy atom. The van der Waals surface area contributed by atoms with Crippen LogP contribution in [0, 0.1) is 25.2 Å². The Labute approximate surface area is 106 Å². The predicted molar refractivity (Wildman–Crippen MR) is 71.2 cm³/mol. The van der Waals surface area contributed by atoms with Gasteiger partial charge in [0.05, 0.1) is 11.6 Å². The first-order chi connectivity index (χ1) is 8.19. The van der Waals surface area contributed by atoms with Crippen LogP contribution in [-0.4, -0.2) is 0 Å². The van der Waals surface area contributed by atoms with E-state index in [4.69, 9.17) is 5.26 Å². The van der Waals surface area contributed by atoms with Gasteiger partial charge >= 0.3 is 0 Å². The van der Waals surface area contributed by atoms with E-state index in [1.807, 2.05) is 24.3 Å². The van der Waals surface area contributed by atoms with Gasteiger partial charge in [0.2, 0.25) is 0 Å². The molecule has 0 fully saturated rings. The molecular weight excluding hydrogens is 226 g/mol. The summed E-state index contributed by atoms with van der Waals surface area (Å²) in [4.78, 5) is 2.35. The Bertz CT molecular complexity index is 582. The number of nitriles is 1. The standard InChI is InChI=1S/C15H13NS/c1-11-6-7-15(12(2)8-11)17-14-5-3-4-13(9-14)10-16/h3-9H,1-2H3. The number of rotatable bonds is 2. The topological polar surface area (TPSA) is 23.8 Å².